The molecule has 0 N–H and O–H groups in total. The molecule has 6 heteroatoms. The molecule has 3 atom stereocenters. The minimum atomic E-state index is -0.310. The van der Waals surface area contributed by atoms with E-state index in [-0.39, 0.29) is 41.9 Å². The van der Waals surface area contributed by atoms with Crippen LogP contribution in [0.3, 0.4) is 0 Å². The van der Waals surface area contributed by atoms with Gasteiger partial charge in [-0.3, -0.25) is 9.59 Å². The summed E-state index contributed by atoms with van der Waals surface area (Å²) in [6.07, 6.45) is 1.01. The molecule has 2 saturated heterocycles. The van der Waals surface area contributed by atoms with Crippen LogP contribution in [-0.4, -0.2) is 50.6 Å². The first kappa shape index (κ1) is 16.2. The Hall–Kier alpha value is -1.14. The number of rotatable bonds is 9. The van der Waals surface area contributed by atoms with Crippen LogP contribution < -0.4 is 0 Å². The summed E-state index contributed by atoms with van der Waals surface area (Å²) >= 11 is 0. The van der Waals surface area contributed by atoms with Crippen LogP contribution in [-0.2, 0) is 28.5 Å². The van der Waals surface area contributed by atoms with Crippen LogP contribution in [0.15, 0.2) is 0 Å². The number of carbonyl (C=O) groups is 2. The second-order valence-electron chi connectivity index (χ2n) is 6.67. The van der Waals surface area contributed by atoms with Crippen molar-refractivity contribution in [2.75, 3.05) is 26.4 Å². The van der Waals surface area contributed by atoms with Gasteiger partial charge in [-0.15, -0.1) is 0 Å². The maximum absolute atomic E-state index is 11.9. The largest absolute Gasteiger partial charge is 0.463 e. The molecule has 0 aromatic rings. The first-order valence-electron chi connectivity index (χ1n) is 7.41. The van der Waals surface area contributed by atoms with Gasteiger partial charge in [0.05, 0.1) is 25.6 Å². The summed E-state index contributed by atoms with van der Waals surface area (Å²) < 4.78 is 20.3. The summed E-state index contributed by atoms with van der Waals surface area (Å²) in [6, 6.07) is 0. The number of hydrogen-bond acceptors (Lipinski definition) is 6. The molecule has 0 amide bonds. The minimum Gasteiger partial charge on any atom is -0.463 e. The predicted octanol–water partition coefficient (Wildman–Crippen LogP) is 1.31. The molecule has 0 aliphatic carbocycles. The van der Waals surface area contributed by atoms with Gasteiger partial charge in [-0.2, -0.15) is 0 Å². The summed E-state index contributed by atoms with van der Waals surface area (Å²) in [5.41, 5.74) is -0.310. The van der Waals surface area contributed by atoms with Crippen molar-refractivity contribution in [1.29, 1.82) is 0 Å². The van der Waals surface area contributed by atoms with Gasteiger partial charge in [-0.05, 0) is 11.8 Å². The molecule has 3 unspecified atom stereocenters. The quantitative estimate of drug-likeness (QED) is 0.472. The van der Waals surface area contributed by atoms with Crippen LogP contribution in [0.2, 0.25) is 0 Å². The van der Waals surface area contributed by atoms with Crippen molar-refractivity contribution in [2.45, 2.75) is 45.8 Å². The van der Waals surface area contributed by atoms with E-state index in [1.165, 1.54) is 0 Å². The van der Waals surface area contributed by atoms with Crippen molar-refractivity contribution in [3.05, 3.63) is 0 Å². The van der Waals surface area contributed by atoms with Gasteiger partial charge in [0.25, 0.3) is 0 Å². The van der Waals surface area contributed by atoms with Crippen LogP contribution >= 0.6 is 0 Å². The van der Waals surface area contributed by atoms with E-state index < -0.39 is 0 Å². The van der Waals surface area contributed by atoms with Crippen LogP contribution in [0.1, 0.15) is 33.6 Å². The normalized spacial score (nSPS) is 25.1. The molecule has 2 fully saturated rings. The monoisotopic (exact) mass is 300 g/mol. The van der Waals surface area contributed by atoms with Gasteiger partial charge in [-0.25, -0.2) is 0 Å². The van der Waals surface area contributed by atoms with Crippen molar-refractivity contribution >= 4 is 11.9 Å². The van der Waals surface area contributed by atoms with E-state index in [0.29, 0.717) is 32.8 Å². The fourth-order valence-corrected chi connectivity index (χ4v) is 2.26. The third kappa shape index (κ3) is 6.44. The lowest BCUT2D eigenvalue weighted by atomic mass is 9.80. The van der Waals surface area contributed by atoms with E-state index in [1.54, 1.807) is 0 Å². The molecule has 2 rings (SSSR count). The van der Waals surface area contributed by atoms with Crippen LogP contribution in [0, 0.1) is 11.3 Å². The zero-order valence-corrected chi connectivity index (χ0v) is 12.9. The molecule has 0 bridgehead atoms. The summed E-state index contributed by atoms with van der Waals surface area (Å²) in [5.74, 6) is -0.737. The minimum absolute atomic E-state index is 0.0776. The van der Waals surface area contributed by atoms with Gasteiger partial charge >= 0.3 is 11.9 Å². The highest BCUT2D eigenvalue weighted by molar-refractivity contribution is 5.73. The van der Waals surface area contributed by atoms with E-state index in [4.69, 9.17) is 18.9 Å². The Morgan fingerprint density at radius 1 is 1.14 bits per heavy atom. The van der Waals surface area contributed by atoms with Gasteiger partial charge in [0.1, 0.15) is 25.4 Å². The van der Waals surface area contributed by atoms with E-state index in [1.807, 2.05) is 20.8 Å². The van der Waals surface area contributed by atoms with Gasteiger partial charge in [-0.1, -0.05) is 20.8 Å². The maximum Gasteiger partial charge on any atom is 0.308 e. The van der Waals surface area contributed by atoms with Gasteiger partial charge in [0.15, 0.2) is 0 Å². The van der Waals surface area contributed by atoms with E-state index >= 15 is 0 Å². The first-order chi connectivity index (χ1) is 9.85. The van der Waals surface area contributed by atoms with Crippen molar-refractivity contribution in [2.24, 2.45) is 11.3 Å². The highest BCUT2D eigenvalue weighted by Gasteiger charge is 2.31. The Balaban J connectivity index is 1.66. The second-order valence-corrected chi connectivity index (χ2v) is 6.67. The van der Waals surface area contributed by atoms with Crippen LogP contribution in [0.5, 0.6) is 0 Å². The molecule has 0 aromatic carbocycles. The average molecular weight is 300 g/mol. The third-order valence-electron chi connectivity index (χ3n) is 3.53. The SMILES string of the molecule is CC(CC(C)(C)CC(=O)OCC1CO1)C(=O)OCC1CO1. The van der Waals surface area contributed by atoms with Gasteiger partial charge in [0.2, 0.25) is 0 Å². The Bertz CT molecular complexity index is 384. The van der Waals surface area contributed by atoms with E-state index in [2.05, 4.69) is 0 Å². The highest BCUT2D eigenvalue weighted by atomic mass is 16.6. The third-order valence-corrected chi connectivity index (χ3v) is 3.53. The van der Waals surface area contributed by atoms with Crippen LogP contribution in [0.25, 0.3) is 0 Å². The molecule has 0 saturated carbocycles. The molecule has 2 aliphatic rings. The maximum atomic E-state index is 11.9. The number of epoxide rings is 2. The van der Waals surface area contributed by atoms with Crippen molar-refractivity contribution in [3.63, 3.8) is 0 Å². The lowest BCUT2D eigenvalue weighted by Crippen LogP contribution is -2.27. The molecule has 0 aromatic heterocycles. The topological polar surface area (TPSA) is 77.7 Å². The Morgan fingerprint density at radius 2 is 1.67 bits per heavy atom. The lowest BCUT2D eigenvalue weighted by molar-refractivity contribution is -0.152. The number of esters is 2. The Kier molecular flexibility index (Phi) is 5.22. The van der Waals surface area contributed by atoms with Crippen molar-refractivity contribution < 1.29 is 28.5 Å². The zero-order chi connectivity index (χ0) is 15.5. The fourth-order valence-electron chi connectivity index (χ4n) is 2.26. The number of ether oxygens (including phenoxy) is 4. The van der Waals surface area contributed by atoms with E-state index in [9.17, 15) is 9.59 Å². The van der Waals surface area contributed by atoms with E-state index in [0.717, 1.165) is 0 Å². The standard InChI is InChI=1S/C15H24O6/c1-10(14(17)21-9-12-7-19-12)4-15(2,3)5-13(16)20-8-11-6-18-11/h10-12H,4-9H2,1-3H3. The smallest absolute Gasteiger partial charge is 0.308 e. The fraction of sp³-hybridized carbons (Fsp3) is 0.867. The van der Waals surface area contributed by atoms with Gasteiger partial charge in [0, 0.05) is 0 Å². The number of carbonyl (C=O) groups excluding carboxylic acids is 2. The Labute approximate surface area is 125 Å². The molecule has 0 spiro atoms. The predicted molar refractivity (Wildman–Crippen MR) is 73.6 cm³/mol. The second kappa shape index (κ2) is 6.75. The van der Waals surface area contributed by atoms with Gasteiger partial charge < -0.3 is 18.9 Å². The highest BCUT2D eigenvalue weighted by Crippen LogP contribution is 2.30. The van der Waals surface area contributed by atoms with Crippen molar-refractivity contribution in [1.82, 2.24) is 0 Å². The summed E-state index contributed by atoms with van der Waals surface area (Å²) in [4.78, 5) is 23.6. The molecular formula is C15H24O6. The molecule has 21 heavy (non-hydrogen) atoms. The average Bonchev–Trinajstić information content (AvgIpc) is 3.26. The molecular weight excluding hydrogens is 276 g/mol. The summed E-state index contributed by atoms with van der Waals surface area (Å²) in [6.45, 7) is 7.72. The molecule has 6 nitrogen and oxygen atoms in total. The molecule has 120 valence electrons. The van der Waals surface area contributed by atoms with Crippen molar-refractivity contribution in [3.8, 4) is 0 Å². The molecule has 2 aliphatic heterocycles. The molecule has 0 radical (unpaired) electrons. The number of hydrogen-bond donors (Lipinski definition) is 0. The first-order valence-corrected chi connectivity index (χ1v) is 7.41. The molecule has 2 heterocycles. The summed E-state index contributed by atoms with van der Waals surface area (Å²) in [7, 11) is 0. The lowest BCUT2D eigenvalue weighted by Gasteiger charge is -2.26. The zero-order valence-electron chi connectivity index (χ0n) is 12.9. The summed E-state index contributed by atoms with van der Waals surface area (Å²) in [5, 5.41) is 0. The van der Waals surface area contributed by atoms with Crippen LogP contribution in [0.4, 0.5) is 0 Å². The Morgan fingerprint density at radius 3 is 2.19 bits per heavy atom.